The number of hydrogen-bond acceptors (Lipinski definition) is 3. The molecule has 5 nitrogen and oxygen atoms in total. The Balaban J connectivity index is 1.96. The van der Waals surface area contributed by atoms with Crippen molar-refractivity contribution in [2.24, 2.45) is 0 Å². The van der Waals surface area contributed by atoms with Gasteiger partial charge in [-0.05, 0) is 49.4 Å². The standard InChI is InChI=1S/C16H12ClN3O2S/c1-10-6-12-7-13(3-5-16(12)19-10)20-23(21,22)14-4-2-11(9-18)15(17)8-14/h2-8,19-20H,1H3. The van der Waals surface area contributed by atoms with Crippen molar-refractivity contribution in [3.63, 3.8) is 0 Å². The first kappa shape index (κ1) is 15.4. The van der Waals surface area contributed by atoms with Gasteiger partial charge in [-0.3, -0.25) is 4.72 Å². The zero-order valence-electron chi connectivity index (χ0n) is 12.1. The monoisotopic (exact) mass is 345 g/mol. The van der Waals surface area contributed by atoms with Gasteiger partial charge < -0.3 is 4.98 Å². The number of benzene rings is 2. The number of H-pyrrole nitrogens is 1. The predicted octanol–water partition coefficient (Wildman–Crippen LogP) is 3.80. The van der Waals surface area contributed by atoms with Crippen molar-refractivity contribution in [2.75, 3.05) is 4.72 Å². The molecule has 116 valence electrons. The fourth-order valence-electron chi connectivity index (χ4n) is 2.31. The quantitative estimate of drug-likeness (QED) is 0.757. The summed E-state index contributed by atoms with van der Waals surface area (Å²) in [6, 6.07) is 13.1. The molecule has 3 aromatic rings. The van der Waals surface area contributed by atoms with Gasteiger partial charge in [0, 0.05) is 22.3 Å². The molecular weight excluding hydrogens is 334 g/mol. The molecule has 2 N–H and O–H groups in total. The zero-order valence-corrected chi connectivity index (χ0v) is 13.7. The fraction of sp³-hybridized carbons (Fsp3) is 0.0625. The van der Waals surface area contributed by atoms with Crippen LogP contribution in [0.15, 0.2) is 47.4 Å². The zero-order chi connectivity index (χ0) is 16.6. The highest BCUT2D eigenvalue weighted by Gasteiger charge is 2.16. The number of fused-ring (bicyclic) bond motifs is 1. The number of halogens is 1. The van der Waals surface area contributed by atoms with E-state index in [1.54, 1.807) is 12.1 Å². The van der Waals surface area contributed by atoms with E-state index in [0.29, 0.717) is 5.69 Å². The van der Waals surface area contributed by atoms with Crippen LogP contribution in [0.4, 0.5) is 5.69 Å². The number of anilines is 1. The molecule has 0 atom stereocenters. The van der Waals surface area contributed by atoms with Gasteiger partial charge in [0.05, 0.1) is 15.5 Å². The lowest BCUT2D eigenvalue weighted by molar-refractivity contribution is 0.601. The van der Waals surface area contributed by atoms with Crippen molar-refractivity contribution in [2.45, 2.75) is 11.8 Å². The highest BCUT2D eigenvalue weighted by Crippen LogP contribution is 2.24. The molecule has 7 heteroatoms. The van der Waals surface area contributed by atoms with Crippen LogP contribution in [-0.4, -0.2) is 13.4 Å². The van der Waals surface area contributed by atoms with E-state index in [9.17, 15) is 8.42 Å². The SMILES string of the molecule is Cc1cc2cc(NS(=O)(=O)c3ccc(C#N)c(Cl)c3)ccc2[nH]1. The second-order valence-corrected chi connectivity index (χ2v) is 7.20. The first-order valence-electron chi connectivity index (χ1n) is 6.71. The van der Waals surface area contributed by atoms with Crippen LogP contribution in [0.25, 0.3) is 10.9 Å². The molecule has 0 fully saturated rings. The summed E-state index contributed by atoms with van der Waals surface area (Å²) in [6.45, 7) is 1.93. The summed E-state index contributed by atoms with van der Waals surface area (Å²) in [5.41, 5.74) is 2.62. The number of nitriles is 1. The molecule has 1 heterocycles. The molecule has 1 aromatic heterocycles. The first-order chi connectivity index (χ1) is 10.9. The van der Waals surface area contributed by atoms with Gasteiger partial charge in [-0.25, -0.2) is 8.42 Å². The smallest absolute Gasteiger partial charge is 0.261 e. The molecule has 2 aromatic carbocycles. The molecule has 0 aliphatic carbocycles. The van der Waals surface area contributed by atoms with Crippen molar-refractivity contribution >= 4 is 38.2 Å². The molecule has 0 radical (unpaired) electrons. The second kappa shape index (κ2) is 5.61. The lowest BCUT2D eigenvalue weighted by Crippen LogP contribution is -2.13. The predicted molar refractivity (Wildman–Crippen MR) is 90.0 cm³/mol. The van der Waals surface area contributed by atoms with Crippen molar-refractivity contribution in [3.05, 3.63) is 58.7 Å². The van der Waals surface area contributed by atoms with Crippen molar-refractivity contribution in [1.82, 2.24) is 4.98 Å². The molecule has 0 unspecified atom stereocenters. The molecule has 0 aliphatic heterocycles. The highest BCUT2D eigenvalue weighted by atomic mass is 35.5. The summed E-state index contributed by atoms with van der Waals surface area (Å²) in [7, 11) is -3.78. The molecule has 0 bridgehead atoms. The van der Waals surface area contributed by atoms with E-state index in [2.05, 4.69) is 9.71 Å². The Morgan fingerprint density at radius 2 is 1.96 bits per heavy atom. The lowest BCUT2D eigenvalue weighted by Gasteiger charge is -2.09. The maximum Gasteiger partial charge on any atom is 0.261 e. The topological polar surface area (TPSA) is 85.8 Å². The summed E-state index contributed by atoms with van der Waals surface area (Å²) in [5.74, 6) is 0. The van der Waals surface area contributed by atoms with E-state index in [0.717, 1.165) is 16.6 Å². The van der Waals surface area contributed by atoms with E-state index in [4.69, 9.17) is 16.9 Å². The third kappa shape index (κ3) is 3.02. The lowest BCUT2D eigenvalue weighted by atomic mass is 10.2. The van der Waals surface area contributed by atoms with Gasteiger partial charge in [-0.2, -0.15) is 5.26 Å². The highest BCUT2D eigenvalue weighted by molar-refractivity contribution is 7.92. The summed E-state index contributed by atoms with van der Waals surface area (Å²) < 4.78 is 27.4. The summed E-state index contributed by atoms with van der Waals surface area (Å²) in [6.07, 6.45) is 0. The summed E-state index contributed by atoms with van der Waals surface area (Å²) in [4.78, 5) is 3.18. The average Bonchev–Trinajstić information content (AvgIpc) is 2.86. The van der Waals surface area contributed by atoms with Gasteiger partial charge in [0.2, 0.25) is 0 Å². The van der Waals surface area contributed by atoms with Crippen LogP contribution in [0.3, 0.4) is 0 Å². The average molecular weight is 346 g/mol. The van der Waals surface area contributed by atoms with Crippen LogP contribution < -0.4 is 4.72 Å². The molecule has 23 heavy (non-hydrogen) atoms. The fourth-order valence-corrected chi connectivity index (χ4v) is 3.67. The Morgan fingerprint density at radius 3 is 2.65 bits per heavy atom. The maximum atomic E-state index is 12.4. The minimum Gasteiger partial charge on any atom is -0.359 e. The summed E-state index contributed by atoms with van der Waals surface area (Å²) >= 11 is 5.90. The Labute approximate surface area is 138 Å². The van der Waals surface area contributed by atoms with Gasteiger partial charge >= 0.3 is 0 Å². The third-order valence-corrected chi connectivity index (χ3v) is 5.07. The summed E-state index contributed by atoms with van der Waals surface area (Å²) in [5, 5.41) is 9.87. The minimum atomic E-state index is -3.78. The van der Waals surface area contributed by atoms with Gasteiger partial charge in [0.25, 0.3) is 10.0 Å². The Hall–Kier alpha value is -2.49. The van der Waals surface area contributed by atoms with Crippen LogP contribution >= 0.6 is 11.6 Å². The van der Waals surface area contributed by atoms with E-state index in [1.165, 1.54) is 18.2 Å². The molecule has 0 saturated carbocycles. The van der Waals surface area contributed by atoms with Gasteiger partial charge in [0.15, 0.2) is 0 Å². The largest absolute Gasteiger partial charge is 0.359 e. The van der Waals surface area contributed by atoms with Crippen LogP contribution in [-0.2, 0) is 10.0 Å². The molecule has 0 spiro atoms. The molecule has 0 aliphatic rings. The molecule has 0 saturated heterocycles. The van der Waals surface area contributed by atoms with Crippen LogP contribution in [0.5, 0.6) is 0 Å². The number of sulfonamides is 1. The van der Waals surface area contributed by atoms with Gasteiger partial charge in [-0.1, -0.05) is 11.6 Å². The number of nitrogens with zero attached hydrogens (tertiary/aromatic N) is 1. The maximum absolute atomic E-state index is 12.4. The second-order valence-electron chi connectivity index (χ2n) is 5.11. The third-order valence-electron chi connectivity index (χ3n) is 3.38. The normalized spacial score (nSPS) is 11.3. The molecular formula is C16H12ClN3O2S. The van der Waals surface area contributed by atoms with Crippen molar-refractivity contribution in [1.29, 1.82) is 5.26 Å². The number of rotatable bonds is 3. The van der Waals surface area contributed by atoms with E-state index in [-0.39, 0.29) is 15.5 Å². The number of aryl methyl sites for hydroxylation is 1. The molecule has 0 amide bonds. The Morgan fingerprint density at radius 1 is 1.17 bits per heavy atom. The Kier molecular flexibility index (Phi) is 3.76. The number of hydrogen-bond donors (Lipinski definition) is 2. The van der Waals surface area contributed by atoms with E-state index >= 15 is 0 Å². The Bertz CT molecular complexity index is 1050. The minimum absolute atomic E-state index is 0.00634. The van der Waals surface area contributed by atoms with Gasteiger partial charge in [0.1, 0.15) is 6.07 Å². The first-order valence-corrected chi connectivity index (χ1v) is 8.57. The van der Waals surface area contributed by atoms with Crippen LogP contribution in [0.1, 0.15) is 11.3 Å². The van der Waals surface area contributed by atoms with Crippen molar-refractivity contribution in [3.8, 4) is 6.07 Å². The van der Waals surface area contributed by atoms with Crippen LogP contribution in [0.2, 0.25) is 5.02 Å². The van der Waals surface area contributed by atoms with E-state index in [1.807, 2.05) is 25.1 Å². The number of nitrogens with one attached hydrogen (secondary N) is 2. The number of aromatic nitrogens is 1. The van der Waals surface area contributed by atoms with Crippen LogP contribution in [0, 0.1) is 18.3 Å². The van der Waals surface area contributed by atoms with E-state index < -0.39 is 10.0 Å². The number of aromatic amines is 1. The molecule has 3 rings (SSSR count). The van der Waals surface area contributed by atoms with Gasteiger partial charge in [-0.15, -0.1) is 0 Å². The van der Waals surface area contributed by atoms with Crippen molar-refractivity contribution < 1.29 is 8.42 Å².